The Morgan fingerprint density at radius 1 is 1.08 bits per heavy atom. The van der Waals surface area contributed by atoms with E-state index in [4.69, 9.17) is 4.74 Å². The fraction of sp³-hybridized carbons (Fsp3) is 0.300. The lowest BCUT2D eigenvalue weighted by molar-refractivity contribution is -0.142. The summed E-state index contributed by atoms with van der Waals surface area (Å²) in [6.45, 7) is 5.85. The summed E-state index contributed by atoms with van der Waals surface area (Å²) in [4.78, 5) is 24.4. The molecule has 2 aromatic rings. The minimum absolute atomic E-state index is 0.117. The summed E-state index contributed by atoms with van der Waals surface area (Å²) in [5.41, 5.74) is 0.366. The van der Waals surface area contributed by atoms with Crippen LogP contribution in [-0.2, 0) is 15.0 Å². The van der Waals surface area contributed by atoms with Crippen LogP contribution < -0.4 is 10.1 Å². The highest BCUT2D eigenvalue weighted by molar-refractivity contribution is 8.00. The van der Waals surface area contributed by atoms with Crippen molar-refractivity contribution in [2.45, 2.75) is 31.1 Å². The third-order valence-corrected chi connectivity index (χ3v) is 4.94. The van der Waals surface area contributed by atoms with Crippen molar-refractivity contribution in [3.05, 3.63) is 54.1 Å². The van der Waals surface area contributed by atoms with Gasteiger partial charge in [-0.15, -0.1) is 11.8 Å². The summed E-state index contributed by atoms with van der Waals surface area (Å²) >= 11 is 1.44. The molecule has 5 nitrogen and oxygen atoms in total. The van der Waals surface area contributed by atoms with Gasteiger partial charge in [-0.25, -0.2) is 0 Å². The Hall–Kier alpha value is -2.47. The molecule has 0 heterocycles. The molecule has 0 radical (unpaired) electrons. The van der Waals surface area contributed by atoms with Gasteiger partial charge in [0.05, 0.1) is 17.8 Å². The molecule has 1 amide bonds. The highest BCUT2D eigenvalue weighted by Crippen LogP contribution is 2.25. The van der Waals surface area contributed by atoms with Gasteiger partial charge < -0.3 is 15.2 Å². The van der Waals surface area contributed by atoms with Gasteiger partial charge in [0.1, 0.15) is 5.75 Å². The smallest absolute Gasteiger partial charge is 0.313 e. The van der Waals surface area contributed by atoms with Crippen molar-refractivity contribution in [2.75, 3.05) is 17.7 Å². The molecule has 0 unspecified atom stereocenters. The zero-order chi connectivity index (χ0) is 19.2. The van der Waals surface area contributed by atoms with E-state index in [2.05, 4.69) is 5.32 Å². The maximum atomic E-state index is 12.1. The number of carboxylic acid groups (broad SMARTS) is 1. The second-order valence-electron chi connectivity index (χ2n) is 6.25. The predicted octanol–water partition coefficient (Wildman–Crippen LogP) is 4.18. The number of carbonyl (C=O) groups is 2. The van der Waals surface area contributed by atoms with Gasteiger partial charge in [0.2, 0.25) is 5.91 Å². The van der Waals surface area contributed by atoms with E-state index in [1.54, 1.807) is 38.1 Å². The van der Waals surface area contributed by atoms with Crippen molar-refractivity contribution in [3.63, 3.8) is 0 Å². The predicted molar refractivity (Wildman–Crippen MR) is 104 cm³/mol. The van der Waals surface area contributed by atoms with Crippen LogP contribution in [0, 0.1) is 0 Å². The van der Waals surface area contributed by atoms with Crippen molar-refractivity contribution in [1.29, 1.82) is 0 Å². The number of rotatable bonds is 8. The van der Waals surface area contributed by atoms with Crippen LogP contribution in [0.2, 0.25) is 0 Å². The highest BCUT2D eigenvalue weighted by atomic mass is 32.2. The average molecular weight is 373 g/mol. The topological polar surface area (TPSA) is 75.6 Å². The molecule has 0 atom stereocenters. The Balaban J connectivity index is 1.88. The fourth-order valence-electron chi connectivity index (χ4n) is 2.24. The van der Waals surface area contributed by atoms with Crippen molar-refractivity contribution in [3.8, 4) is 5.75 Å². The largest absolute Gasteiger partial charge is 0.494 e. The van der Waals surface area contributed by atoms with Crippen molar-refractivity contribution in [1.82, 2.24) is 0 Å². The molecule has 2 aromatic carbocycles. The van der Waals surface area contributed by atoms with Gasteiger partial charge in [0, 0.05) is 10.6 Å². The van der Waals surface area contributed by atoms with Crippen LogP contribution in [0.1, 0.15) is 26.3 Å². The molecule has 6 heteroatoms. The number of nitrogens with one attached hydrogen (secondary N) is 1. The Bertz CT molecular complexity index is 754. The van der Waals surface area contributed by atoms with E-state index in [1.807, 2.05) is 31.2 Å². The van der Waals surface area contributed by atoms with Gasteiger partial charge in [-0.3, -0.25) is 9.59 Å². The SMILES string of the molecule is CCOc1ccc(SCC(=O)Nc2ccc(C(C)(C)C(=O)O)cc2)cc1. The minimum atomic E-state index is -0.966. The fourth-order valence-corrected chi connectivity index (χ4v) is 2.94. The molecule has 0 aliphatic rings. The molecule has 0 fully saturated rings. The van der Waals surface area contributed by atoms with Crippen molar-refractivity contribution < 1.29 is 19.4 Å². The third kappa shape index (κ3) is 5.26. The van der Waals surface area contributed by atoms with E-state index in [1.165, 1.54) is 11.8 Å². The second kappa shape index (κ2) is 8.76. The monoisotopic (exact) mass is 373 g/mol. The molecular formula is C20H23NO4S. The summed E-state index contributed by atoms with van der Waals surface area (Å²) in [6.07, 6.45) is 0. The first kappa shape index (κ1) is 19.8. The summed E-state index contributed by atoms with van der Waals surface area (Å²) < 4.78 is 5.39. The maximum Gasteiger partial charge on any atom is 0.313 e. The molecule has 0 spiro atoms. The first-order valence-electron chi connectivity index (χ1n) is 8.32. The molecule has 0 bridgehead atoms. The van der Waals surface area contributed by atoms with Gasteiger partial charge in [-0.05, 0) is 62.7 Å². The standard InChI is InChI=1S/C20H23NO4S/c1-4-25-16-9-11-17(12-10-16)26-13-18(22)21-15-7-5-14(6-8-15)20(2,3)19(23)24/h5-12H,4,13H2,1-3H3,(H,21,22)(H,23,24). The summed E-state index contributed by atoms with van der Waals surface area (Å²) in [7, 11) is 0. The summed E-state index contributed by atoms with van der Waals surface area (Å²) in [6, 6.07) is 14.5. The average Bonchev–Trinajstić information content (AvgIpc) is 2.62. The molecule has 26 heavy (non-hydrogen) atoms. The number of benzene rings is 2. The number of anilines is 1. The van der Waals surface area contributed by atoms with Gasteiger partial charge >= 0.3 is 5.97 Å². The van der Waals surface area contributed by atoms with Crippen LogP contribution in [0.5, 0.6) is 5.75 Å². The van der Waals surface area contributed by atoms with Gasteiger partial charge in [0.15, 0.2) is 0 Å². The lowest BCUT2D eigenvalue weighted by Gasteiger charge is -2.19. The zero-order valence-electron chi connectivity index (χ0n) is 15.1. The van der Waals surface area contributed by atoms with Crippen LogP contribution in [0.15, 0.2) is 53.4 Å². The molecular weight excluding hydrogens is 350 g/mol. The Kier molecular flexibility index (Phi) is 6.69. The van der Waals surface area contributed by atoms with E-state index in [0.717, 1.165) is 10.6 Å². The molecule has 0 saturated carbocycles. The van der Waals surface area contributed by atoms with Gasteiger partial charge in [-0.2, -0.15) is 0 Å². The Morgan fingerprint density at radius 2 is 1.69 bits per heavy atom. The van der Waals surface area contributed by atoms with E-state index < -0.39 is 11.4 Å². The quantitative estimate of drug-likeness (QED) is 0.679. The number of amides is 1. The highest BCUT2D eigenvalue weighted by Gasteiger charge is 2.29. The van der Waals surface area contributed by atoms with Crippen LogP contribution in [0.3, 0.4) is 0 Å². The van der Waals surface area contributed by atoms with E-state index >= 15 is 0 Å². The molecule has 0 aliphatic carbocycles. The molecule has 0 saturated heterocycles. The van der Waals surface area contributed by atoms with Crippen LogP contribution in [0.25, 0.3) is 0 Å². The number of thioether (sulfide) groups is 1. The van der Waals surface area contributed by atoms with Gasteiger partial charge in [0.25, 0.3) is 0 Å². The number of carboxylic acids is 1. The van der Waals surface area contributed by atoms with Crippen LogP contribution in [-0.4, -0.2) is 29.3 Å². The minimum Gasteiger partial charge on any atom is -0.494 e. The van der Waals surface area contributed by atoms with E-state index in [-0.39, 0.29) is 11.7 Å². The number of carbonyl (C=O) groups excluding carboxylic acids is 1. The lowest BCUT2D eigenvalue weighted by Crippen LogP contribution is -2.28. The zero-order valence-corrected chi connectivity index (χ0v) is 15.9. The number of hydrogen-bond donors (Lipinski definition) is 2. The Morgan fingerprint density at radius 3 is 2.23 bits per heavy atom. The third-order valence-electron chi connectivity index (χ3n) is 3.93. The van der Waals surface area contributed by atoms with Crippen LogP contribution >= 0.6 is 11.8 Å². The van der Waals surface area contributed by atoms with Crippen molar-refractivity contribution in [2.24, 2.45) is 0 Å². The molecule has 0 aromatic heterocycles. The molecule has 0 aliphatic heterocycles. The number of ether oxygens (including phenoxy) is 1. The molecule has 138 valence electrons. The normalized spacial score (nSPS) is 11.0. The molecule has 2 N–H and O–H groups in total. The first-order valence-corrected chi connectivity index (χ1v) is 9.31. The second-order valence-corrected chi connectivity index (χ2v) is 7.30. The first-order chi connectivity index (χ1) is 12.3. The summed E-state index contributed by atoms with van der Waals surface area (Å²) in [5, 5.41) is 12.1. The van der Waals surface area contributed by atoms with Gasteiger partial charge in [-0.1, -0.05) is 12.1 Å². The molecule has 2 rings (SSSR count). The summed E-state index contributed by atoms with van der Waals surface area (Å²) in [5.74, 6) is 0.0944. The van der Waals surface area contributed by atoms with Crippen molar-refractivity contribution >= 4 is 29.3 Å². The Labute approximate surface area is 157 Å². The number of hydrogen-bond acceptors (Lipinski definition) is 4. The number of aliphatic carboxylic acids is 1. The van der Waals surface area contributed by atoms with Crippen LogP contribution in [0.4, 0.5) is 5.69 Å². The lowest BCUT2D eigenvalue weighted by atomic mass is 9.85. The maximum absolute atomic E-state index is 12.1. The van der Waals surface area contributed by atoms with E-state index in [9.17, 15) is 14.7 Å². The van der Waals surface area contributed by atoms with E-state index in [0.29, 0.717) is 17.9 Å².